The molecule has 0 aromatic carbocycles. The third-order valence-corrected chi connectivity index (χ3v) is 4.09. The number of likely N-dealkylation sites (N-methyl/N-ethyl adjacent to an activating group) is 1. The van der Waals surface area contributed by atoms with Gasteiger partial charge in [-0.1, -0.05) is 13.8 Å². The topological polar surface area (TPSA) is 47.7 Å². The average Bonchev–Trinajstić information content (AvgIpc) is 3.03. The van der Waals surface area contributed by atoms with Crippen LogP contribution >= 0.6 is 0 Å². The zero-order valence-electron chi connectivity index (χ0n) is 13.8. The molecule has 1 unspecified atom stereocenters. The summed E-state index contributed by atoms with van der Waals surface area (Å²) in [5.74, 6) is 0. The first-order valence-corrected chi connectivity index (χ1v) is 7.88. The molecule has 0 aliphatic rings. The predicted octanol–water partition coefficient (Wildman–Crippen LogP) is 2.40. The van der Waals surface area contributed by atoms with E-state index in [2.05, 4.69) is 54.0 Å². The smallest absolute Gasteiger partial charge is 0.0624 e. The Morgan fingerprint density at radius 1 is 1.29 bits per heavy atom. The first-order chi connectivity index (χ1) is 10.1. The molecule has 1 N–H and O–H groups in total. The molecule has 116 valence electrons. The highest BCUT2D eigenvalue weighted by Crippen LogP contribution is 2.22. The van der Waals surface area contributed by atoms with E-state index in [1.54, 1.807) is 0 Å². The summed E-state index contributed by atoms with van der Waals surface area (Å²) < 4.78 is 4.06. The lowest BCUT2D eigenvalue weighted by atomic mass is 10.0. The fraction of sp³-hybridized carbons (Fsp3) is 0.625. The first kappa shape index (κ1) is 15.8. The Labute approximate surface area is 127 Å². The summed E-state index contributed by atoms with van der Waals surface area (Å²) in [7, 11) is 1.99. The Morgan fingerprint density at radius 3 is 2.57 bits per heavy atom. The van der Waals surface area contributed by atoms with Crippen molar-refractivity contribution >= 4 is 0 Å². The van der Waals surface area contributed by atoms with Crippen molar-refractivity contribution < 1.29 is 0 Å². The van der Waals surface area contributed by atoms with E-state index >= 15 is 0 Å². The zero-order valence-corrected chi connectivity index (χ0v) is 13.8. The summed E-state index contributed by atoms with van der Waals surface area (Å²) in [6.07, 6.45) is 3.91. The standard InChI is InChI=1S/C16H27N5/c1-6-13-9-14(21(8-3)19-13)10-16(17-7-2)15-11-18-20(5)12(15)4/h9,11,16-17H,6-8,10H2,1-5H3. The van der Waals surface area contributed by atoms with Crippen molar-refractivity contribution in [2.75, 3.05) is 6.54 Å². The SMILES string of the molecule is CCNC(Cc1cc(CC)nn1CC)c1cnn(C)c1C. The maximum atomic E-state index is 4.65. The van der Waals surface area contributed by atoms with E-state index in [1.807, 2.05) is 17.9 Å². The minimum Gasteiger partial charge on any atom is -0.310 e. The maximum absolute atomic E-state index is 4.65. The molecule has 5 nitrogen and oxygen atoms in total. The largest absolute Gasteiger partial charge is 0.310 e. The van der Waals surface area contributed by atoms with Gasteiger partial charge in [0.25, 0.3) is 0 Å². The number of rotatable bonds is 7. The second-order valence-corrected chi connectivity index (χ2v) is 5.42. The van der Waals surface area contributed by atoms with Gasteiger partial charge in [0.2, 0.25) is 0 Å². The van der Waals surface area contributed by atoms with Crippen molar-refractivity contribution in [2.45, 2.75) is 53.1 Å². The number of nitrogens with one attached hydrogen (secondary N) is 1. The molecule has 0 aliphatic heterocycles. The molecule has 0 fully saturated rings. The molecule has 0 bridgehead atoms. The van der Waals surface area contributed by atoms with Crippen LogP contribution in [0.5, 0.6) is 0 Å². The van der Waals surface area contributed by atoms with Crippen LogP contribution in [0.4, 0.5) is 0 Å². The van der Waals surface area contributed by atoms with Gasteiger partial charge in [-0.15, -0.1) is 0 Å². The Balaban J connectivity index is 2.28. The van der Waals surface area contributed by atoms with Crippen LogP contribution in [0.2, 0.25) is 0 Å². The van der Waals surface area contributed by atoms with E-state index in [4.69, 9.17) is 0 Å². The van der Waals surface area contributed by atoms with Crippen molar-refractivity contribution in [1.29, 1.82) is 0 Å². The Bertz CT molecular complexity index is 582. The molecule has 2 aromatic heterocycles. The zero-order chi connectivity index (χ0) is 15.4. The van der Waals surface area contributed by atoms with Gasteiger partial charge >= 0.3 is 0 Å². The summed E-state index contributed by atoms with van der Waals surface area (Å²) in [5.41, 5.74) is 4.97. The van der Waals surface area contributed by atoms with E-state index in [1.165, 1.54) is 22.6 Å². The Kier molecular flexibility index (Phi) is 5.17. The highest BCUT2D eigenvalue weighted by Gasteiger charge is 2.18. The van der Waals surface area contributed by atoms with Crippen LogP contribution in [0, 0.1) is 6.92 Å². The fourth-order valence-electron chi connectivity index (χ4n) is 2.73. The summed E-state index contributed by atoms with van der Waals surface area (Å²) in [6, 6.07) is 2.52. The summed E-state index contributed by atoms with van der Waals surface area (Å²) >= 11 is 0. The Hall–Kier alpha value is -1.62. The summed E-state index contributed by atoms with van der Waals surface area (Å²) in [5, 5.41) is 12.6. The molecule has 2 heterocycles. The van der Waals surface area contributed by atoms with Crippen molar-refractivity contribution in [3.8, 4) is 0 Å². The third-order valence-electron chi connectivity index (χ3n) is 4.09. The third kappa shape index (κ3) is 3.35. The van der Waals surface area contributed by atoms with Crippen LogP contribution in [0.3, 0.4) is 0 Å². The van der Waals surface area contributed by atoms with Gasteiger partial charge in [-0.2, -0.15) is 10.2 Å². The van der Waals surface area contributed by atoms with Crippen LogP contribution in [-0.4, -0.2) is 26.1 Å². The number of aromatic nitrogens is 4. The van der Waals surface area contributed by atoms with Crippen molar-refractivity contribution in [2.24, 2.45) is 7.05 Å². The van der Waals surface area contributed by atoms with Gasteiger partial charge in [0.1, 0.15) is 0 Å². The van der Waals surface area contributed by atoms with Crippen LogP contribution in [0.1, 0.15) is 49.5 Å². The normalized spacial score (nSPS) is 12.8. The molecular weight excluding hydrogens is 262 g/mol. The van der Waals surface area contributed by atoms with Gasteiger partial charge in [-0.25, -0.2) is 0 Å². The van der Waals surface area contributed by atoms with E-state index in [9.17, 15) is 0 Å². The molecule has 0 amide bonds. The van der Waals surface area contributed by atoms with Gasteiger partial charge in [0.15, 0.2) is 0 Å². The van der Waals surface area contributed by atoms with E-state index in [0.717, 1.165) is 25.9 Å². The predicted molar refractivity (Wildman–Crippen MR) is 85.3 cm³/mol. The van der Waals surface area contributed by atoms with E-state index in [0.29, 0.717) is 0 Å². The molecule has 0 saturated carbocycles. The second-order valence-electron chi connectivity index (χ2n) is 5.42. The van der Waals surface area contributed by atoms with Gasteiger partial charge in [0, 0.05) is 43.0 Å². The minimum atomic E-state index is 0.287. The lowest BCUT2D eigenvalue weighted by molar-refractivity contribution is 0.513. The van der Waals surface area contributed by atoms with Crippen molar-refractivity contribution in [3.63, 3.8) is 0 Å². The van der Waals surface area contributed by atoms with E-state index in [-0.39, 0.29) is 6.04 Å². The number of nitrogens with zero attached hydrogens (tertiary/aromatic N) is 4. The monoisotopic (exact) mass is 289 g/mol. The van der Waals surface area contributed by atoms with Gasteiger partial charge < -0.3 is 5.32 Å². The van der Waals surface area contributed by atoms with Crippen LogP contribution < -0.4 is 5.32 Å². The molecular formula is C16H27N5. The number of hydrogen-bond acceptors (Lipinski definition) is 3. The molecule has 0 saturated heterocycles. The lowest BCUT2D eigenvalue weighted by Crippen LogP contribution is -2.24. The highest BCUT2D eigenvalue weighted by molar-refractivity contribution is 5.23. The molecule has 0 radical (unpaired) electrons. The van der Waals surface area contributed by atoms with Crippen LogP contribution in [0.15, 0.2) is 12.3 Å². The summed E-state index contributed by atoms with van der Waals surface area (Å²) in [4.78, 5) is 0. The first-order valence-electron chi connectivity index (χ1n) is 7.88. The molecule has 1 atom stereocenters. The number of hydrogen-bond donors (Lipinski definition) is 1. The lowest BCUT2D eigenvalue weighted by Gasteiger charge is -2.18. The molecule has 2 rings (SSSR count). The quantitative estimate of drug-likeness (QED) is 0.851. The van der Waals surface area contributed by atoms with E-state index < -0.39 is 0 Å². The molecule has 0 spiro atoms. The van der Waals surface area contributed by atoms with Gasteiger partial charge in [-0.3, -0.25) is 9.36 Å². The van der Waals surface area contributed by atoms with Gasteiger partial charge in [-0.05, 0) is 32.9 Å². The minimum absolute atomic E-state index is 0.287. The molecule has 2 aromatic rings. The molecule has 0 aliphatic carbocycles. The van der Waals surface area contributed by atoms with Crippen molar-refractivity contribution in [3.05, 3.63) is 34.9 Å². The van der Waals surface area contributed by atoms with Crippen molar-refractivity contribution in [1.82, 2.24) is 24.9 Å². The maximum Gasteiger partial charge on any atom is 0.0624 e. The fourth-order valence-corrected chi connectivity index (χ4v) is 2.73. The van der Waals surface area contributed by atoms with Crippen LogP contribution in [-0.2, 0) is 26.4 Å². The average molecular weight is 289 g/mol. The number of aryl methyl sites for hydroxylation is 3. The summed E-state index contributed by atoms with van der Waals surface area (Å²) in [6.45, 7) is 10.4. The van der Waals surface area contributed by atoms with Crippen LogP contribution in [0.25, 0.3) is 0 Å². The van der Waals surface area contributed by atoms with Gasteiger partial charge in [0.05, 0.1) is 11.9 Å². The molecule has 21 heavy (non-hydrogen) atoms. The molecule has 5 heteroatoms. The Morgan fingerprint density at radius 2 is 2.05 bits per heavy atom. The highest BCUT2D eigenvalue weighted by atomic mass is 15.3. The second kappa shape index (κ2) is 6.89.